The molecule has 0 aliphatic carbocycles. The van der Waals surface area contributed by atoms with Crippen molar-refractivity contribution in [2.75, 3.05) is 13.1 Å². The molecule has 109 valence electrons. The number of amides is 1. The van der Waals surface area contributed by atoms with Crippen LogP contribution in [0.1, 0.15) is 26.2 Å². The van der Waals surface area contributed by atoms with Crippen LogP contribution in [0, 0.1) is 5.41 Å². The lowest BCUT2D eigenvalue weighted by atomic mass is 10.1. The van der Waals surface area contributed by atoms with Crippen molar-refractivity contribution >= 4 is 18.2 Å². The van der Waals surface area contributed by atoms with Gasteiger partial charge in [-0.2, -0.15) is 0 Å². The van der Waals surface area contributed by atoms with E-state index in [9.17, 15) is 14.7 Å². The van der Waals surface area contributed by atoms with Gasteiger partial charge in [0.1, 0.15) is 0 Å². The van der Waals surface area contributed by atoms with E-state index in [1.807, 2.05) is 6.92 Å². The van der Waals surface area contributed by atoms with Crippen LogP contribution in [0.5, 0.6) is 0 Å². The molecule has 0 aromatic heterocycles. The molecular weight excluding hydrogens is 250 g/mol. The maximum atomic E-state index is 11.9. The summed E-state index contributed by atoms with van der Waals surface area (Å²) in [5, 5.41) is 18.9. The number of carbonyl (C=O) groups is 1. The number of hydrogen-bond donors (Lipinski definition) is 5. The molecule has 2 atom stereocenters. The van der Waals surface area contributed by atoms with E-state index in [4.69, 9.17) is 16.9 Å². The first-order valence-corrected chi connectivity index (χ1v) is 6.13. The average molecular weight is 272 g/mol. The topological polar surface area (TPSA) is 146 Å². The highest BCUT2D eigenvalue weighted by atomic mass is 16.3. The smallest absolute Gasteiger partial charge is 0.252 e. The molecule has 0 fully saturated rings. The van der Waals surface area contributed by atoms with Gasteiger partial charge in [0, 0.05) is 13.1 Å². The number of carbonyl (C=O) groups excluding carboxylic acids is 2. The number of aliphatic hydroxyl groups is 1. The first kappa shape index (κ1) is 17.3. The lowest BCUT2D eigenvalue weighted by Crippen LogP contribution is -2.49. The number of aliphatic hydroxyl groups excluding tert-OH is 1. The minimum Gasteiger partial charge on any atom is -0.370 e. The maximum Gasteiger partial charge on any atom is 0.252 e. The number of rotatable bonds is 9. The van der Waals surface area contributed by atoms with Gasteiger partial charge < -0.3 is 26.8 Å². The van der Waals surface area contributed by atoms with Gasteiger partial charge in [0.2, 0.25) is 5.91 Å². The number of nitrogens with two attached hydrogens (primary N) is 2. The first-order chi connectivity index (χ1) is 8.93. The predicted octanol–water partition coefficient (Wildman–Crippen LogP) is -1.76. The Morgan fingerprint density at radius 3 is 2.68 bits per heavy atom. The fourth-order valence-electron chi connectivity index (χ4n) is 1.54. The van der Waals surface area contributed by atoms with Crippen molar-refractivity contribution in [2.24, 2.45) is 11.5 Å². The van der Waals surface area contributed by atoms with Gasteiger partial charge in [-0.1, -0.05) is 6.92 Å². The molecular formula is C11H22N5O3. The van der Waals surface area contributed by atoms with Crippen LogP contribution in [0.3, 0.4) is 0 Å². The molecule has 0 aromatic rings. The second-order valence-corrected chi connectivity index (χ2v) is 4.11. The molecule has 0 aromatic carbocycles. The molecule has 0 bridgehead atoms. The first-order valence-electron chi connectivity index (χ1n) is 6.13. The lowest BCUT2D eigenvalue weighted by Gasteiger charge is -2.26. The number of hydrogen-bond acceptors (Lipinski definition) is 5. The summed E-state index contributed by atoms with van der Waals surface area (Å²) in [6.07, 6.45) is 1.31. The van der Waals surface area contributed by atoms with Gasteiger partial charge in [-0.25, -0.2) is 0 Å². The zero-order valence-electron chi connectivity index (χ0n) is 11.1. The predicted molar refractivity (Wildman–Crippen MR) is 70.8 cm³/mol. The normalized spacial score (nSPS) is 13.4. The van der Waals surface area contributed by atoms with E-state index in [0.29, 0.717) is 25.8 Å². The second kappa shape index (κ2) is 9.29. The van der Waals surface area contributed by atoms with E-state index in [1.54, 1.807) is 0 Å². The molecule has 8 nitrogen and oxygen atoms in total. The Morgan fingerprint density at radius 2 is 2.21 bits per heavy atom. The molecule has 0 heterocycles. The van der Waals surface area contributed by atoms with E-state index in [1.165, 1.54) is 6.29 Å². The fourth-order valence-corrected chi connectivity index (χ4v) is 1.54. The monoisotopic (exact) mass is 272 g/mol. The standard InChI is InChI=1S/C11H22N5O3/c1-2-6-16(9(18)7-17)10(19)8(12)4-3-5-15-11(13)14/h8-9,18H,2-6,12H2,1H3,(H4,13,14,15)/t8-,9-/m0/s1. The Hall–Kier alpha value is -1.67. The molecule has 7 N–H and O–H groups in total. The average Bonchev–Trinajstić information content (AvgIpc) is 2.38. The van der Waals surface area contributed by atoms with E-state index in [-0.39, 0.29) is 12.5 Å². The SMILES string of the molecule is CCCN(C(=O)[C@@H](N)CCCNC(=N)N)[C@@H](O)[C]=O. The quantitative estimate of drug-likeness (QED) is 0.145. The number of nitrogens with one attached hydrogen (secondary N) is 2. The van der Waals surface area contributed by atoms with E-state index < -0.39 is 18.2 Å². The van der Waals surface area contributed by atoms with E-state index in [0.717, 1.165) is 4.90 Å². The van der Waals surface area contributed by atoms with Gasteiger partial charge in [0.05, 0.1) is 6.04 Å². The Balaban J connectivity index is 4.26. The zero-order chi connectivity index (χ0) is 14.8. The van der Waals surface area contributed by atoms with Gasteiger partial charge in [-0.15, -0.1) is 0 Å². The van der Waals surface area contributed by atoms with Crippen LogP contribution in [0.15, 0.2) is 0 Å². The summed E-state index contributed by atoms with van der Waals surface area (Å²) in [4.78, 5) is 23.4. The summed E-state index contributed by atoms with van der Waals surface area (Å²) in [5.74, 6) is -0.626. The van der Waals surface area contributed by atoms with Crippen molar-refractivity contribution in [1.29, 1.82) is 5.41 Å². The lowest BCUT2D eigenvalue weighted by molar-refractivity contribution is -0.139. The van der Waals surface area contributed by atoms with Crippen molar-refractivity contribution in [1.82, 2.24) is 10.2 Å². The third-order valence-electron chi connectivity index (χ3n) is 2.47. The molecule has 1 radical (unpaired) electrons. The van der Waals surface area contributed by atoms with Crippen molar-refractivity contribution < 1.29 is 14.7 Å². The van der Waals surface area contributed by atoms with Crippen LogP contribution in [0.2, 0.25) is 0 Å². The van der Waals surface area contributed by atoms with E-state index in [2.05, 4.69) is 5.32 Å². The third-order valence-corrected chi connectivity index (χ3v) is 2.47. The molecule has 19 heavy (non-hydrogen) atoms. The molecule has 0 aliphatic heterocycles. The molecule has 0 saturated heterocycles. The Labute approximate surface area is 112 Å². The Kier molecular flexibility index (Phi) is 8.47. The summed E-state index contributed by atoms with van der Waals surface area (Å²) < 4.78 is 0. The van der Waals surface area contributed by atoms with Crippen LogP contribution < -0.4 is 16.8 Å². The largest absolute Gasteiger partial charge is 0.370 e. The maximum absolute atomic E-state index is 11.9. The highest BCUT2D eigenvalue weighted by molar-refractivity contribution is 5.84. The Morgan fingerprint density at radius 1 is 1.58 bits per heavy atom. The van der Waals surface area contributed by atoms with Gasteiger partial charge in [-0.05, 0) is 19.3 Å². The number of guanidine groups is 1. The summed E-state index contributed by atoms with van der Waals surface area (Å²) in [6, 6.07) is -0.802. The molecule has 0 unspecified atom stereocenters. The number of nitrogens with zero attached hydrogens (tertiary/aromatic N) is 1. The van der Waals surface area contributed by atoms with Gasteiger partial charge >= 0.3 is 0 Å². The van der Waals surface area contributed by atoms with Crippen molar-refractivity contribution in [3.8, 4) is 0 Å². The van der Waals surface area contributed by atoms with Crippen LogP contribution in [0.25, 0.3) is 0 Å². The van der Waals surface area contributed by atoms with Crippen LogP contribution in [-0.4, -0.2) is 53.5 Å². The highest BCUT2D eigenvalue weighted by Gasteiger charge is 2.25. The van der Waals surface area contributed by atoms with Crippen molar-refractivity contribution in [2.45, 2.75) is 38.5 Å². The summed E-state index contributed by atoms with van der Waals surface area (Å²) in [6.45, 7) is 2.50. The molecule has 0 aliphatic rings. The Bertz CT molecular complexity index is 311. The molecule has 0 saturated carbocycles. The fraction of sp³-hybridized carbons (Fsp3) is 0.727. The highest BCUT2D eigenvalue weighted by Crippen LogP contribution is 2.04. The van der Waals surface area contributed by atoms with Crippen LogP contribution >= 0.6 is 0 Å². The van der Waals surface area contributed by atoms with Gasteiger partial charge in [0.15, 0.2) is 12.2 Å². The second-order valence-electron chi connectivity index (χ2n) is 4.11. The molecule has 1 amide bonds. The summed E-state index contributed by atoms with van der Waals surface area (Å²) >= 11 is 0. The van der Waals surface area contributed by atoms with Crippen LogP contribution in [-0.2, 0) is 9.59 Å². The van der Waals surface area contributed by atoms with Crippen LogP contribution in [0.4, 0.5) is 0 Å². The van der Waals surface area contributed by atoms with Crippen molar-refractivity contribution in [3.63, 3.8) is 0 Å². The summed E-state index contributed by atoms with van der Waals surface area (Å²) in [7, 11) is 0. The zero-order valence-corrected chi connectivity index (χ0v) is 11.1. The molecule has 0 spiro atoms. The molecule has 0 rings (SSSR count). The minimum atomic E-state index is -1.58. The van der Waals surface area contributed by atoms with Gasteiger partial charge in [-0.3, -0.25) is 15.0 Å². The van der Waals surface area contributed by atoms with Gasteiger partial charge in [0.25, 0.3) is 6.29 Å². The minimum absolute atomic E-state index is 0.140. The summed E-state index contributed by atoms with van der Waals surface area (Å²) in [5.41, 5.74) is 10.8. The molecule has 8 heteroatoms. The van der Waals surface area contributed by atoms with E-state index >= 15 is 0 Å². The third kappa shape index (κ3) is 6.73. The van der Waals surface area contributed by atoms with Crippen molar-refractivity contribution in [3.05, 3.63) is 0 Å².